The monoisotopic (exact) mass is 181 g/mol. The predicted octanol–water partition coefficient (Wildman–Crippen LogP) is 0.975. The molecule has 0 bridgehead atoms. The minimum atomic E-state index is -0.129. The highest BCUT2D eigenvalue weighted by atomic mass is 16.2. The highest BCUT2D eigenvalue weighted by Crippen LogP contribution is 2.34. The van der Waals surface area contributed by atoms with E-state index in [0.717, 1.165) is 25.5 Å². The highest BCUT2D eigenvalue weighted by Gasteiger charge is 2.41. The summed E-state index contributed by atoms with van der Waals surface area (Å²) >= 11 is 0. The van der Waals surface area contributed by atoms with Crippen LogP contribution in [0.25, 0.3) is 0 Å². The Balaban J connectivity index is 2.21. The third-order valence-corrected chi connectivity index (χ3v) is 3.39. The van der Waals surface area contributed by atoms with Crippen molar-refractivity contribution in [2.24, 2.45) is 5.92 Å². The fraction of sp³-hybridized carbons (Fsp3) is 0.800. The molecule has 0 saturated carbocycles. The van der Waals surface area contributed by atoms with E-state index in [1.165, 1.54) is 0 Å². The van der Waals surface area contributed by atoms with Gasteiger partial charge in [-0.2, -0.15) is 0 Å². The van der Waals surface area contributed by atoms with Crippen LogP contribution < -0.4 is 0 Å². The van der Waals surface area contributed by atoms with Crippen LogP contribution in [-0.2, 0) is 9.59 Å². The molecule has 1 amide bonds. The molecule has 3 atom stereocenters. The van der Waals surface area contributed by atoms with Crippen LogP contribution in [0.4, 0.5) is 0 Å². The smallest absolute Gasteiger partial charge is 0.223 e. The number of piperidine rings is 1. The summed E-state index contributed by atoms with van der Waals surface area (Å²) < 4.78 is 0. The van der Waals surface area contributed by atoms with Crippen molar-refractivity contribution < 1.29 is 9.59 Å². The molecule has 0 aromatic rings. The molecule has 0 aromatic heterocycles. The topological polar surface area (TPSA) is 37.4 Å². The molecule has 2 saturated heterocycles. The molecule has 0 radical (unpaired) electrons. The first-order valence-corrected chi connectivity index (χ1v) is 5.00. The van der Waals surface area contributed by atoms with Gasteiger partial charge in [-0.1, -0.05) is 6.92 Å². The maximum Gasteiger partial charge on any atom is 0.223 e. The number of amides is 1. The largest absolute Gasteiger partial charge is 0.330 e. The zero-order valence-corrected chi connectivity index (χ0v) is 7.90. The van der Waals surface area contributed by atoms with E-state index in [0.29, 0.717) is 18.4 Å². The maximum atomic E-state index is 11.5. The second-order valence-corrected chi connectivity index (χ2v) is 4.17. The van der Waals surface area contributed by atoms with Gasteiger partial charge < -0.3 is 9.69 Å². The third-order valence-electron chi connectivity index (χ3n) is 3.39. The van der Waals surface area contributed by atoms with Gasteiger partial charge in [-0.15, -0.1) is 0 Å². The van der Waals surface area contributed by atoms with Gasteiger partial charge >= 0.3 is 0 Å². The van der Waals surface area contributed by atoms with Gasteiger partial charge in [-0.05, 0) is 25.2 Å². The fourth-order valence-corrected chi connectivity index (χ4v) is 2.61. The number of hydrogen-bond donors (Lipinski definition) is 0. The average Bonchev–Trinajstić information content (AvgIpc) is 2.51. The van der Waals surface area contributed by atoms with Crippen molar-refractivity contribution in [1.82, 2.24) is 4.90 Å². The van der Waals surface area contributed by atoms with E-state index in [2.05, 4.69) is 6.92 Å². The summed E-state index contributed by atoms with van der Waals surface area (Å²) in [6.07, 6.45) is 4.45. The Kier molecular flexibility index (Phi) is 2.10. The quantitative estimate of drug-likeness (QED) is 0.565. The van der Waals surface area contributed by atoms with E-state index in [1.807, 2.05) is 4.90 Å². The summed E-state index contributed by atoms with van der Waals surface area (Å²) in [5.41, 5.74) is 0. The molecule has 72 valence electrons. The van der Waals surface area contributed by atoms with Crippen LogP contribution in [0.5, 0.6) is 0 Å². The number of carbonyl (C=O) groups is 2. The molecule has 13 heavy (non-hydrogen) atoms. The Hall–Kier alpha value is -0.860. The molecule has 0 N–H and O–H groups in total. The first-order chi connectivity index (χ1) is 6.24. The van der Waals surface area contributed by atoms with Crippen molar-refractivity contribution in [1.29, 1.82) is 0 Å². The summed E-state index contributed by atoms with van der Waals surface area (Å²) in [5.74, 6) is 0.747. The van der Waals surface area contributed by atoms with Crippen molar-refractivity contribution in [3.05, 3.63) is 0 Å². The number of aldehydes is 1. The summed E-state index contributed by atoms with van der Waals surface area (Å²) in [6, 6.07) is 0.215. The zero-order chi connectivity index (χ0) is 9.42. The Labute approximate surface area is 78.1 Å². The van der Waals surface area contributed by atoms with Crippen LogP contribution in [0.3, 0.4) is 0 Å². The number of carbonyl (C=O) groups excluding carboxylic acids is 2. The second kappa shape index (κ2) is 3.13. The second-order valence-electron chi connectivity index (χ2n) is 4.17. The Morgan fingerprint density at radius 2 is 2.15 bits per heavy atom. The van der Waals surface area contributed by atoms with Crippen LogP contribution in [0.15, 0.2) is 0 Å². The molecular weight excluding hydrogens is 166 g/mol. The molecule has 3 heteroatoms. The van der Waals surface area contributed by atoms with Gasteiger partial charge in [0.2, 0.25) is 5.91 Å². The lowest BCUT2D eigenvalue weighted by Gasteiger charge is -2.38. The molecule has 3 unspecified atom stereocenters. The number of nitrogens with zero attached hydrogens (tertiary/aromatic N) is 1. The Morgan fingerprint density at radius 1 is 1.38 bits per heavy atom. The standard InChI is InChI=1S/C10H15NO2/c1-7-2-3-8(6-12)11-9(7)4-5-10(11)13/h6-9H,2-5H2,1H3. The van der Waals surface area contributed by atoms with E-state index in [1.54, 1.807) is 0 Å². The summed E-state index contributed by atoms with van der Waals surface area (Å²) in [6.45, 7) is 2.18. The molecule has 0 aromatic carbocycles. The van der Waals surface area contributed by atoms with Crippen molar-refractivity contribution in [3.8, 4) is 0 Å². The normalized spacial score (nSPS) is 39.0. The van der Waals surface area contributed by atoms with Crippen molar-refractivity contribution in [2.75, 3.05) is 0 Å². The average molecular weight is 181 g/mol. The molecule has 2 fully saturated rings. The maximum absolute atomic E-state index is 11.5. The minimum Gasteiger partial charge on any atom is -0.330 e. The lowest BCUT2D eigenvalue weighted by molar-refractivity contribution is -0.137. The van der Waals surface area contributed by atoms with Gasteiger partial charge in [-0.3, -0.25) is 4.79 Å². The number of rotatable bonds is 1. The van der Waals surface area contributed by atoms with E-state index in [-0.39, 0.29) is 11.9 Å². The van der Waals surface area contributed by atoms with Crippen molar-refractivity contribution in [3.63, 3.8) is 0 Å². The lowest BCUT2D eigenvalue weighted by atomic mass is 9.88. The summed E-state index contributed by atoms with van der Waals surface area (Å²) in [5, 5.41) is 0. The highest BCUT2D eigenvalue weighted by molar-refractivity contribution is 5.82. The Bertz CT molecular complexity index is 239. The van der Waals surface area contributed by atoms with Gasteiger partial charge in [-0.25, -0.2) is 0 Å². The lowest BCUT2D eigenvalue weighted by Crippen LogP contribution is -2.49. The van der Waals surface area contributed by atoms with Gasteiger partial charge in [0.25, 0.3) is 0 Å². The van der Waals surface area contributed by atoms with E-state index >= 15 is 0 Å². The van der Waals surface area contributed by atoms with Crippen LogP contribution in [0.1, 0.15) is 32.6 Å². The molecular formula is C10H15NO2. The Morgan fingerprint density at radius 3 is 2.85 bits per heavy atom. The first-order valence-electron chi connectivity index (χ1n) is 5.00. The summed E-state index contributed by atoms with van der Waals surface area (Å²) in [7, 11) is 0. The van der Waals surface area contributed by atoms with Crippen LogP contribution in [0, 0.1) is 5.92 Å². The molecule has 2 heterocycles. The predicted molar refractivity (Wildman–Crippen MR) is 48.1 cm³/mol. The van der Waals surface area contributed by atoms with Crippen LogP contribution in [-0.4, -0.2) is 29.2 Å². The molecule has 2 rings (SSSR count). The molecule has 0 aliphatic carbocycles. The van der Waals surface area contributed by atoms with Gasteiger partial charge in [0, 0.05) is 12.5 Å². The van der Waals surface area contributed by atoms with Gasteiger partial charge in [0.1, 0.15) is 6.29 Å². The minimum absolute atomic E-state index is 0.129. The van der Waals surface area contributed by atoms with Crippen LogP contribution >= 0.6 is 0 Å². The zero-order valence-electron chi connectivity index (χ0n) is 7.90. The molecule has 2 aliphatic heterocycles. The molecule has 3 nitrogen and oxygen atoms in total. The van der Waals surface area contributed by atoms with Crippen molar-refractivity contribution in [2.45, 2.75) is 44.7 Å². The van der Waals surface area contributed by atoms with E-state index < -0.39 is 0 Å². The van der Waals surface area contributed by atoms with E-state index in [4.69, 9.17) is 0 Å². The van der Waals surface area contributed by atoms with Crippen molar-refractivity contribution >= 4 is 12.2 Å². The first kappa shape index (κ1) is 8.73. The number of fused-ring (bicyclic) bond motifs is 1. The van der Waals surface area contributed by atoms with Gasteiger partial charge in [0.05, 0.1) is 6.04 Å². The van der Waals surface area contributed by atoms with Crippen LogP contribution in [0.2, 0.25) is 0 Å². The number of hydrogen-bond acceptors (Lipinski definition) is 2. The van der Waals surface area contributed by atoms with Gasteiger partial charge in [0.15, 0.2) is 0 Å². The van der Waals surface area contributed by atoms with E-state index in [9.17, 15) is 9.59 Å². The fourth-order valence-electron chi connectivity index (χ4n) is 2.61. The summed E-state index contributed by atoms with van der Waals surface area (Å²) in [4.78, 5) is 24.1. The molecule has 2 aliphatic rings. The SMILES string of the molecule is CC1CCC(C=O)N2C(=O)CCC12. The molecule has 0 spiro atoms. The third kappa shape index (κ3) is 1.26.